The van der Waals surface area contributed by atoms with E-state index in [-0.39, 0.29) is 5.92 Å². The number of aromatic nitrogens is 3. The molecule has 4 nitrogen and oxygen atoms in total. The average Bonchev–Trinajstić information content (AvgIpc) is 4.09. The molecule has 0 bridgehead atoms. The fourth-order valence-corrected chi connectivity index (χ4v) is 11.1. The summed E-state index contributed by atoms with van der Waals surface area (Å²) in [5, 5.41) is 10.3. The second kappa shape index (κ2) is 13.6. The molecular weight excluding hydrogens is 777 g/mol. The molecule has 300 valence electrons. The van der Waals surface area contributed by atoms with Crippen LogP contribution in [0.4, 0.5) is 11.4 Å². The topological polar surface area (TPSA) is 17.5 Å². The third-order valence-corrected chi connectivity index (χ3v) is 13.9. The maximum atomic E-state index is 2.46. The van der Waals surface area contributed by atoms with Crippen LogP contribution >= 0.6 is 0 Å². The first-order valence-corrected chi connectivity index (χ1v) is 22.3. The number of hydrogen-bond acceptors (Lipinski definition) is 1. The lowest BCUT2D eigenvalue weighted by atomic mass is 9.89. The van der Waals surface area contributed by atoms with Crippen LogP contribution in [0, 0.1) is 0 Å². The van der Waals surface area contributed by atoms with Crippen molar-refractivity contribution >= 4 is 93.1 Å². The van der Waals surface area contributed by atoms with Gasteiger partial charge in [-0.15, -0.1) is 0 Å². The highest BCUT2D eigenvalue weighted by Crippen LogP contribution is 2.43. The van der Waals surface area contributed by atoms with Crippen molar-refractivity contribution in [2.75, 3.05) is 4.90 Å². The van der Waals surface area contributed by atoms with Gasteiger partial charge in [0.2, 0.25) is 0 Å². The highest BCUT2D eigenvalue weighted by molar-refractivity contribution is 6.23. The first-order chi connectivity index (χ1) is 31.8. The zero-order valence-electron chi connectivity index (χ0n) is 34.9. The molecule has 1 aliphatic carbocycles. The summed E-state index contributed by atoms with van der Waals surface area (Å²) < 4.78 is 7.24. The largest absolute Gasteiger partial charge is 0.311 e. The van der Waals surface area contributed by atoms with Gasteiger partial charge in [-0.05, 0) is 115 Å². The molecule has 4 heterocycles. The normalized spacial score (nSPS) is 14.4. The summed E-state index contributed by atoms with van der Waals surface area (Å²) in [6.07, 6.45) is 8.10. The van der Waals surface area contributed by atoms with Crippen LogP contribution in [0.1, 0.15) is 17.9 Å². The van der Waals surface area contributed by atoms with Crippen LogP contribution in [0.25, 0.3) is 93.1 Å². The van der Waals surface area contributed by atoms with Crippen LogP contribution in [0.15, 0.2) is 230 Å². The first kappa shape index (κ1) is 35.3. The van der Waals surface area contributed by atoms with E-state index in [0.717, 1.165) is 34.9 Å². The SMILES string of the molecule is C1=CC(c2cc3c4ccccc4n4c5ccccc5c(c2)c34)CC=C1N(c1ccc(-n2c3ccccc3c3ccccc32)cc1)c1ccc(-n2c3ccccc3c3ccccc32)cc1. The predicted octanol–water partition coefficient (Wildman–Crippen LogP) is 15.8. The fourth-order valence-electron chi connectivity index (χ4n) is 11.1. The molecule has 1 aliphatic rings. The third kappa shape index (κ3) is 5.05. The minimum absolute atomic E-state index is 0.247. The number of hydrogen-bond donors (Lipinski definition) is 0. The number of allylic oxidation sites excluding steroid dienone is 3. The van der Waals surface area contributed by atoms with Crippen molar-refractivity contribution in [3.63, 3.8) is 0 Å². The Morgan fingerprint density at radius 2 is 0.734 bits per heavy atom. The van der Waals surface area contributed by atoms with Crippen LogP contribution in [0.2, 0.25) is 0 Å². The predicted molar refractivity (Wildman–Crippen MR) is 269 cm³/mol. The Kier molecular flexibility index (Phi) is 7.48. The molecule has 4 aromatic heterocycles. The third-order valence-electron chi connectivity index (χ3n) is 13.9. The standard InChI is InChI=1S/C60H40N4/c1-7-19-54-46(13-1)47-14-2-8-20-55(47)62(54)44-33-29-42(30-34-44)61(43-31-35-45(36-32-43)63-56-21-9-3-15-48(56)49-16-4-10-22-57(49)63)41-27-25-39(26-28-41)40-37-52-50-17-5-11-23-58(50)64-59-24-12-6-18-51(59)53(38-40)60(52)64/h1-25,27-39H,26H2. The molecule has 0 radical (unpaired) electrons. The molecule has 4 heteroatoms. The second-order valence-corrected chi connectivity index (χ2v) is 17.3. The van der Waals surface area contributed by atoms with Crippen molar-refractivity contribution in [3.05, 3.63) is 236 Å². The van der Waals surface area contributed by atoms with E-state index < -0.39 is 0 Å². The zero-order chi connectivity index (χ0) is 41.9. The van der Waals surface area contributed by atoms with Crippen molar-refractivity contribution < 1.29 is 0 Å². The Balaban J connectivity index is 0.880. The van der Waals surface area contributed by atoms with Gasteiger partial charge in [0.25, 0.3) is 0 Å². The molecular formula is C60H40N4. The summed E-state index contributed by atoms with van der Waals surface area (Å²) in [5.41, 5.74) is 15.7. The molecule has 0 fully saturated rings. The number of fused-ring (bicyclic) bond motifs is 12. The number of benzene rings is 9. The summed E-state index contributed by atoms with van der Waals surface area (Å²) in [4.78, 5) is 2.42. The van der Waals surface area contributed by atoms with E-state index in [1.54, 1.807) is 0 Å². The summed E-state index contributed by atoms with van der Waals surface area (Å²) in [6, 6.07) is 75.7. The summed E-state index contributed by atoms with van der Waals surface area (Å²) >= 11 is 0. The van der Waals surface area contributed by atoms with Crippen molar-refractivity contribution in [2.45, 2.75) is 12.3 Å². The average molecular weight is 817 g/mol. The Hall–Kier alpha value is -8.34. The van der Waals surface area contributed by atoms with Gasteiger partial charge in [0.05, 0.1) is 38.6 Å². The summed E-state index contributed by atoms with van der Waals surface area (Å²) in [5.74, 6) is 0.247. The molecule has 0 aliphatic heterocycles. The van der Waals surface area contributed by atoms with Gasteiger partial charge in [-0.1, -0.05) is 121 Å². The smallest absolute Gasteiger partial charge is 0.0620 e. The van der Waals surface area contributed by atoms with Crippen LogP contribution in [0.3, 0.4) is 0 Å². The van der Waals surface area contributed by atoms with Gasteiger partial charge in [0, 0.05) is 77.5 Å². The lowest BCUT2D eigenvalue weighted by molar-refractivity contribution is 0.842. The molecule has 13 aromatic rings. The minimum Gasteiger partial charge on any atom is -0.311 e. The molecule has 0 spiro atoms. The Labute approximate surface area is 369 Å². The lowest BCUT2D eigenvalue weighted by Crippen LogP contribution is -2.17. The van der Waals surface area contributed by atoms with E-state index in [9.17, 15) is 0 Å². The molecule has 9 aromatic carbocycles. The van der Waals surface area contributed by atoms with E-state index in [0.29, 0.717) is 0 Å². The van der Waals surface area contributed by atoms with Crippen molar-refractivity contribution in [3.8, 4) is 11.4 Å². The van der Waals surface area contributed by atoms with E-state index in [2.05, 4.69) is 243 Å². The molecule has 0 saturated heterocycles. The number of anilines is 2. The van der Waals surface area contributed by atoms with E-state index >= 15 is 0 Å². The highest BCUT2D eigenvalue weighted by atomic mass is 15.1. The Morgan fingerprint density at radius 1 is 0.375 bits per heavy atom. The van der Waals surface area contributed by atoms with E-state index in [1.165, 1.54) is 87.3 Å². The van der Waals surface area contributed by atoms with Gasteiger partial charge in [-0.2, -0.15) is 0 Å². The highest BCUT2D eigenvalue weighted by Gasteiger charge is 2.23. The Bertz CT molecular complexity index is 3700. The summed E-state index contributed by atoms with van der Waals surface area (Å²) in [7, 11) is 0. The minimum atomic E-state index is 0.247. The van der Waals surface area contributed by atoms with Crippen LogP contribution < -0.4 is 4.90 Å². The molecule has 0 amide bonds. The lowest BCUT2D eigenvalue weighted by Gasteiger charge is -2.29. The van der Waals surface area contributed by atoms with Gasteiger partial charge in [0.15, 0.2) is 0 Å². The van der Waals surface area contributed by atoms with E-state index in [1.807, 2.05) is 0 Å². The summed E-state index contributed by atoms with van der Waals surface area (Å²) in [6.45, 7) is 0. The number of para-hydroxylation sites is 6. The molecule has 0 saturated carbocycles. The second-order valence-electron chi connectivity index (χ2n) is 17.3. The van der Waals surface area contributed by atoms with E-state index in [4.69, 9.17) is 0 Å². The first-order valence-electron chi connectivity index (χ1n) is 22.3. The van der Waals surface area contributed by atoms with Gasteiger partial charge in [0.1, 0.15) is 0 Å². The number of nitrogens with zero attached hydrogens (tertiary/aromatic N) is 4. The zero-order valence-corrected chi connectivity index (χ0v) is 34.9. The van der Waals surface area contributed by atoms with Gasteiger partial charge in [-0.3, -0.25) is 0 Å². The maximum Gasteiger partial charge on any atom is 0.0620 e. The van der Waals surface area contributed by atoms with Crippen LogP contribution in [0.5, 0.6) is 0 Å². The van der Waals surface area contributed by atoms with Crippen LogP contribution in [-0.2, 0) is 0 Å². The molecule has 1 atom stereocenters. The number of rotatable bonds is 6. The Morgan fingerprint density at radius 3 is 1.11 bits per heavy atom. The molecule has 64 heavy (non-hydrogen) atoms. The molecule has 1 unspecified atom stereocenters. The maximum absolute atomic E-state index is 2.46. The quantitative estimate of drug-likeness (QED) is 0.163. The van der Waals surface area contributed by atoms with Gasteiger partial charge in [-0.25, -0.2) is 0 Å². The van der Waals surface area contributed by atoms with Crippen molar-refractivity contribution in [1.82, 2.24) is 13.5 Å². The molecule has 14 rings (SSSR count). The van der Waals surface area contributed by atoms with Gasteiger partial charge >= 0.3 is 0 Å². The van der Waals surface area contributed by atoms with Crippen molar-refractivity contribution in [2.24, 2.45) is 0 Å². The molecule has 0 N–H and O–H groups in total. The van der Waals surface area contributed by atoms with Crippen LogP contribution in [-0.4, -0.2) is 13.5 Å². The fraction of sp³-hybridized carbons (Fsp3) is 0.0333. The van der Waals surface area contributed by atoms with Crippen molar-refractivity contribution in [1.29, 1.82) is 0 Å². The monoisotopic (exact) mass is 816 g/mol. The van der Waals surface area contributed by atoms with Gasteiger partial charge < -0.3 is 18.4 Å².